The molecule has 4 nitrogen and oxygen atoms in total. The van der Waals surface area contributed by atoms with Crippen LogP contribution < -0.4 is 11.1 Å². The highest BCUT2D eigenvalue weighted by Crippen LogP contribution is 2.41. The van der Waals surface area contributed by atoms with Crippen molar-refractivity contribution in [1.82, 2.24) is 5.32 Å². The van der Waals surface area contributed by atoms with Crippen molar-refractivity contribution in [3.8, 4) is 0 Å². The number of rotatable bonds is 5. The lowest BCUT2D eigenvalue weighted by molar-refractivity contribution is -0.132. The van der Waals surface area contributed by atoms with Crippen molar-refractivity contribution in [3.63, 3.8) is 0 Å². The van der Waals surface area contributed by atoms with Crippen LogP contribution >= 0.6 is 11.6 Å². The summed E-state index contributed by atoms with van der Waals surface area (Å²) in [5.74, 6) is 0.00110. The molecule has 5 heteroatoms. The minimum atomic E-state index is -0.341. The summed E-state index contributed by atoms with van der Waals surface area (Å²) in [5, 5.41) is 3.88. The molecule has 1 aromatic carbocycles. The first kappa shape index (κ1) is 16.7. The highest BCUT2D eigenvalue weighted by atomic mass is 35.5. The van der Waals surface area contributed by atoms with E-state index in [1.54, 1.807) is 0 Å². The second kappa shape index (κ2) is 7.20. The van der Waals surface area contributed by atoms with Crippen LogP contribution in [0, 0.1) is 0 Å². The SMILES string of the molecule is NC[C@H]1CC[C@@H](C(=O)NCC2(c3ccc(Cl)cc3)CCCC2)O1. The van der Waals surface area contributed by atoms with E-state index in [-0.39, 0.29) is 23.5 Å². The summed E-state index contributed by atoms with van der Waals surface area (Å²) in [6, 6.07) is 8.06. The number of hydrogen-bond donors (Lipinski definition) is 2. The zero-order valence-corrected chi connectivity index (χ0v) is 14.1. The number of carbonyl (C=O) groups excluding carboxylic acids is 1. The van der Waals surface area contributed by atoms with Gasteiger partial charge in [0.05, 0.1) is 6.10 Å². The van der Waals surface area contributed by atoms with Crippen molar-refractivity contribution in [2.45, 2.75) is 56.1 Å². The van der Waals surface area contributed by atoms with Gasteiger partial charge in [0.25, 0.3) is 0 Å². The molecule has 0 unspecified atom stereocenters. The van der Waals surface area contributed by atoms with Crippen molar-refractivity contribution >= 4 is 17.5 Å². The normalized spacial score (nSPS) is 26.3. The Morgan fingerprint density at radius 1 is 1.26 bits per heavy atom. The quantitative estimate of drug-likeness (QED) is 0.869. The van der Waals surface area contributed by atoms with E-state index < -0.39 is 0 Å². The standard InChI is InChI=1S/C18H25ClN2O2/c19-14-5-3-13(4-6-14)18(9-1-2-10-18)12-21-17(22)16-8-7-15(11-20)23-16/h3-6,15-16H,1-2,7-12,20H2,(H,21,22)/t15-,16+/m1/s1. The van der Waals surface area contributed by atoms with Gasteiger partial charge in [-0.15, -0.1) is 0 Å². The Balaban J connectivity index is 1.64. The zero-order chi connectivity index (χ0) is 16.3. The zero-order valence-electron chi connectivity index (χ0n) is 13.4. The van der Waals surface area contributed by atoms with Gasteiger partial charge in [-0.1, -0.05) is 36.6 Å². The number of amides is 1. The predicted octanol–water partition coefficient (Wildman–Crippen LogP) is 2.77. The lowest BCUT2D eigenvalue weighted by Crippen LogP contribution is -2.43. The van der Waals surface area contributed by atoms with E-state index in [1.165, 1.54) is 18.4 Å². The number of nitrogens with one attached hydrogen (secondary N) is 1. The number of carbonyl (C=O) groups is 1. The fraction of sp³-hybridized carbons (Fsp3) is 0.611. The minimum Gasteiger partial charge on any atom is -0.364 e. The van der Waals surface area contributed by atoms with Crippen molar-refractivity contribution in [1.29, 1.82) is 0 Å². The average Bonchev–Trinajstić information content (AvgIpc) is 3.23. The topological polar surface area (TPSA) is 64.4 Å². The molecular formula is C18H25ClN2O2. The van der Waals surface area contributed by atoms with Gasteiger partial charge >= 0.3 is 0 Å². The fourth-order valence-corrected chi connectivity index (χ4v) is 3.99. The summed E-state index contributed by atoms with van der Waals surface area (Å²) in [6.45, 7) is 1.15. The third-order valence-corrected chi connectivity index (χ3v) is 5.53. The Labute approximate surface area is 142 Å². The van der Waals surface area contributed by atoms with Crippen LogP contribution in [-0.2, 0) is 14.9 Å². The predicted molar refractivity (Wildman–Crippen MR) is 91.6 cm³/mol. The molecule has 3 rings (SSSR count). The van der Waals surface area contributed by atoms with Gasteiger partial charge in [0, 0.05) is 23.5 Å². The van der Waals surface area contributed by atoms with E-state index in [1.807, 2.05) is 12.1 Å². The molecule has 0 radical (unpaired) electrons. The van der Waals surface area contributed by atoms with E-state index in [2.05, 4.69) is 17.4 Å². The van der Waals surface area contributed by atoms with E-state index in [0.717, 1.165) is 30.7 Å². The highest BCUT2D eigenvalue weighted by molar-refractivity contribution is 6.30. The van der Waals surface area contributed by atoms with Gasteiger partial charge in [-0.25, -0.2) is 0 Å². The molecule has 3 N–H and O–H groups in total. The Morgan fingerprint density at radius 3 is 2.57 bits per heavy atom. The van der Waals surface area contributed by atoms with Gasteiger partial charge in [-0.2, -0.15) is 0 Å². The summed E-state index contributed by atoms with van der Waals surface area (Å²) in [7, 11) is 0. The molecular weight excluding hydrogens is 312 g/mol. The van der Waals surface area contributed by atoms with Gasteiger partial charge in [0.15, 0.2) is 0 Å². The van der Waals surface area contributed by atoms with Crippen LogP contribution in [0.5, 0.6) is 0 Å². The molecule has 0 spiro atoms. The highest BCUT2D eigenvalue weighted by Gasteiger charge is 2.37. The van der Waals surface area contributed by atoms with Crippen molar-refractivity contribution in [3.05, 3.63) is 34.9 Å². The Bertz CT molecular complexity index is 540. The number of hydrogen-bond acceptors (Lipinski definition) is 3. The summed E-state index contributed by atoms with van der Waals surface area (Å²) in [4.78, 5) is 12.4. The van der Waals surface area contributed by atoms with Gasteiger partial charge < -0.3 is 15.8 Å². The molecule has 1 saturated carbocycles. The van der Waals surface area contributed by atoms with Gasteiger partial charge in [0.1, 0.15) is 6.10 Å². The van der Waals surface area contributed by atoms with Crippen LogP contribution in [0.25, 0.3) is 0 Å². The molecule has 1 aliphatic heterocycles. The number of nitrogens with two attached hydrogens (primary N) is 1. The van der Waals surface area contributed by atoms with Crippen molar-refractivity contribution in [2.24, 2.45) is 5.73 Å². The first-order valence-electron chi connectivity index (χ1n) is 8.52. The van der Waals surface area contributed by atoms with Crippen LogP contribution in [0.4, 0.5) is 0 Å². The van der Waals surface area contributed by atoms with E-state index >= 15 is 0 Å². The molecule has 2 fully saturated rings. The second-order valence-electron chi connectivity index (χ2n) is 6.77. The minimum absolute atomic E-state index is 0.00110. The van der Waals surface area contributed by atoms with Crippen LogP contribution in [0.15, 0.2) is 24.3 Å². The molecule has 1 aromatic rings. The summed E-state index contributed by atoms with van der Waals surface area (Å²) >= 11 is 6.01. The molecule has 23 heavy (non-hydrogen) atoms. The maximum atomic E-state index is 12.4. The van der Waals surface area contributed by atoms with Gasteiger partial charge in [-0.3, -0.25) is 4.79 Å². The van der Waals surface area contributed by atoms with Crippen LogP contribution in [0.1, 0.15) is 44.1 Å². The molecule has 0 aromatic heterocycles. The first-order valence-corrected chi connectivity index (χ1v) is 8.90. The molecule has 1 heterocycles. The Kier molecular flexibility index (Phi) is 5.24. The lowest BCUT2D eigenvalue weighted by atomic mass is 9.79. The average molecular weight is 337 g/mol. The third-order valence-electron chi connectivity index (χ3n) is 5.28. The van der Waals surface area contributed by atoms with Crippen LogP contribution in [0.2, 0.25) is 5.02 Å². The molecule has 1 amide bonds. The van der Waals surface area contributed by atoms with Crippen LogP contribution in [-0.4, -0.2) is 31.2 Å². The summed E-state index contributed by atoms with van der Waals surface area (Å²) < 4.78 is 5.69. The Hall–Kier alpha value is -1.10. The molecule has 1 aliphatic carbocycles. The van der Waals surface area contributed by atoms with Gasteiger partial charge in [0.2, 0.25) is 5.91 Å². The van der Waals surface area contributed by atoms with E-state index in [0.29, 0.717) is 13.1 Å². The fourth-order valence-electron chi connectivity index (χ4n) is 3.86. The summed E-state index contributed by atoms with van der Waals surface area (Å²) in [6.07, 6.45) is 5.94. The molecule has 126 valence electrons. The smallest absolute Gasteiger partial charge is 0.249 e. The molecule has 0 bridgehead atoms. The maximum absolute atomic E-state index is 12.4. The first-order chi connectivity index (χ1) is 11.1. The van der Waals surface area contributed by atoms with Gasteiger partial charge in [-0.05, 0) is 43.4 Å². The monoisotopic (exact) mass is 336 g/mol. The lowest BCUT2D eigenvalue weighted by Gasteiger charge is -2.30. The van der Waals surface area contributed by atoms with Crippen molar-refractivity contribution < 1.29 is 9.53 Å². The van der Waals surface area contributed by atoms with Crippen LogP contribution in [0.3, 0.4) is 0 Å². The van der Waals surface area contributed by atoms with E-state index in [4.69, 9.17) is 22.1 Å². The largest absolute Gasteiger partial charge is 0.364 e. The van der Waals surface area contributed by atoms with E-state index in [9.17, 15) is 4.79 Å². The number of ether oxygens (including phenoxy) is 1. The Morgan fingerprint density at radius 2 is 1.96 bits per heavy atom. The maximum Gasteiger partial charge on any atom is 0.249 e. The molecule has 2 atom stereocenters. The number of halogens is 1. The second-order valence-corrected chi connectivity index (χ2v) is 7.21. The van der Waals surface area contributed by atoms with Crippen molar-refractivity contribution in [2.75, 3.05) is 13.1 Å². The number of benzene rings is 1. The molecule has 2 aliphatic rings. The molecule has 1 saturated heterocycles. The summed E-state index contributed by atoms with van der Waals surface area (Å²) in [5.41, 5.74) is 6.92. The third kappa shape index (κ3) is 3.70.